The van der Waals surface area contributed by atoms with Crippen LogP contribution in [-0.4, -0.2) is 12.2 Å². The second kappa shape index (κ2) is 33.3. The van der Waals surface area contributed by atoms with Crippen molar-refractivity contribution in [3.8, 4) is 0 Å². The zero-order valence-electron chi connectivity index (χ0n) is 22.9. The van der Waals surface area contributed by atoms with Gasteiger partial charge >= 0.3 is 0 Å². The van der Waals surface area contributed by atoms with Crippen molar-refractivity contribution in [2.45, 2.75) is 82.1 Å². The highest BCUT2D eigenvalue weighted by Crippen LogP contribution is 2.13. The molecule has 0 aliphatic rings. The van der Waals surface area contributed by atoms with E-state index in [0.717, 1.165) is 20.0 Å². The molecule has 3 aromatic rings. The van der Waals surface area contributed by atoms with Gasteiger partial charge in [0.15, 0.2) is 0 Å². The third kappa shape index (κ3) is 19.6. The van der Waals surface area contributed by atoms with Crippen LogP contribution in [0.2, 0.25) is 0 Å². The Morgan fingerprint density at radius 3 is 0.750 bits per heavy atom. The van der Waals surface area contributed by atoms with E-state index in [-0.39, 0.29) is 0 Å². The van der Waals surface area contributed by atoms with Gasteiger partial charge in [-0.05, 0) is 35.1 Å². The summed E-state index contributed by atoms with van der Waals surface area (Å²) in [6, 6.07) is 30.2. The molecule has 0 bridgehead atoms. The molecule has 0 unspecified atom stereocenters. The number of benzene rings is 3. The standard InChI is InChI=1S/C20H18.5C2H6.CH4O/c1-3-7-17(8-4-1)15-19-11-13-20(14-12-19)16-18-9-5-2-6-10-18;6*1-2/h1-14H,15-16H2;5*1-2H3;2H,1H3. The maximum atomic E-state index is 7.00. The van der Waals surface area contributed by atoms with Crippen molar-refractivity contribution in [3.63, 3.8) is 0 Å². The fourth-order valence-electron chi connectivity index (χ4n) is 2.44. The molecule has 0 aliphatic heterocycles. The minimum Gasteiger partial charge on any atom is -0.400 e. The normalized spacial score (nSPS) is 7.62. The number of hydrogen-bond acceptors (Lipinski definition) is 1. The molecule has 1 heteroatoms. The van der Waals surface area contributed by atoms with Crippen LogP contribution in [0, 0.1) is 0 Å². The molecule has 0 amide bonds. The van der Waals surface area contributed by atoms with Crippen LogP contribution in [0.4, 0.5) is 0 Å². The molecule has 0 atom stereocenters. The van der Waals surface area contributed by atoms with Gasteiger partial charge in [0, 0.05) is 7.11 Å². The lowest BCUT2D eigenvalue weighted by atomic mass is 10.0. The van der Waals surface area contributed by atoms with E-state index >= 15 is 0 Å². The Morgan fingerprint density at radius 1 is 0.344 bits per heavy atom. The topological polar surface area (TPSA) is 20.2 Å². The van der Waals surface area contributed by atoms with E-state index in [2.05, 4.69) is 84.9 Å². The molecular weight excluding hydrogens is 388 g/mol. The molecule has 182 valence electrons. The fraction of sp³-hybridized carbons (Fsp3) is 0.419. The monoisotopic (exact) mass is 440 g/mol. The van der Waals surface area contributed by atoms with Crippen LogP contribution in [-0.2, 0) is 12.8 Å². The van der Waals surface area contributed by atoms with Crippen LogP contribution in [0.3, 0.4) is 0 Å². The first-order valence-corrected chi connectivity index (χ1v) is 12.5. The van der Waals surface area contributed by atoms with Crippen LogP contribution >= 0.6 is 0 Å². The van der Waals surface area contributed by atoms with Crippen LogP contribution in [0.5, 0.6) is 0 Å². The summed E-state index contributed by atoms with van der Waals surface area (Å²) in [4.78, 5) is 0. The van der Waals surface area contributed by atoms with E-state index in [1.54, 1.807) is 0 Å². The van der Waals surface area contributed by atoms with Crippen molar-refractivity contribution < 1.29 is 5.11 Å². The van der Waals surface area contributed by atoms with Crippen molar-refractivity contribution in [1.82, 2.24) is 0 Å². The van der Waals surface area contributed by atoms with Gasteiger partial charge in [0.2, 0.25) is 0 Å². The average molecular weight is 441 g/mol. The maximum absolute atomic E-state index is 7.00. The quantitative estimate of drug-likeness (QED) is 0.428. The molecule has 1 N–H and O–H groups in total. The number of hydrogen-bond donors (Lipinski definition) is 1. The smallest absolute Gasteiger partial charge is 0.0319 e. The Morgan fingerprint density at radius 2 is 0.531 bits per heavy atom. The Kier molecular flexibility index (Phi) is 38.4. The third-order valence-corrected chi connectivity index (χ3v) is 3.53. The van der Waals surface area contributed by atoms with Gasteiger partial charge in [-0.3, -0.25) is 0 Å². The number of rotatable bonds is 4. The first kappa shape index (κ1) is 37.0. The Balaban J connectivity index is -0.000000285. The molecule has 0 aliphatic carbocycles. The van der Waals surface area contributed by atoms with E-state index in [9.17, 15) is 0 Å². The predicted molar refractivity (Wildman–Crippen MR) is 150 cm³/mol. The Labute approximate surface area is 201 Å². The molecule has 0 heterocycles. The lowest BCUT2D eigenvalue weighted by Crippen LogP contribution is -1.91. The molecule has 0 saturated carbocycles. The molecule has 0 radical (unpaired) electrons. The maximum Gasteiger partial charge on any atom is 0.0319 e. The molecule has 3 aromatic carbocycles. The van der Waals surface area contributed by atoms with Gasteiger partial charge in [-0.25, -0.2) is 0 Å². The number of aliphatic hydroxyl groups is 1. The van der Waals surface area contributed by atoms with Crippen LogP contribution < -0.4 is 0 Å². The van der Waals surface area contributed by atoms with Crippen LogP contribution in [0.1, 0.15) is 91.5 Å². The molecule has 0 aromatic heterocycles. The summed E-state index contributed by atoms with van der Waals surface area (Å²) < 4.78 is 0. The summed E-state index contributed by atoms with van der Waals surface area (Å²) in [5.41, 5.74) is 5.47. The van der Waals surface area contributed by atoms with Gasteiger partial charge in [0.05, 0.1) is 0 Å². The fourth-order valence-corrected chi connectivity index (χ4v) is 2.44. The van der Waals surface area contributed by atoms with E-state index < -0.39 is 0 Å². The van der Waals surface area contributed by atoms with Crippen molar-refractivity contribution in [1.29, 1.82) is 0 Å². The zero-order valence-corrected chi connectivity index (χ0v) is 22.9. The second-order valence-electron chi connectivity index (χ2n) is 5.14. The highest BCUT2D eigenvalue weighted by molar-refractivity contribution is 5.31. The first-order valence-electron chi connectivity index (χ1n) is 12.5. The van der Waals surface area contributed by atoms with Crippen molar-refractivity contribution >= 4 is 0 Å². The summed E-state index contributed by atoms with van der Waals surface area (Å²) in [7, 11) is 1.00. The lowest BCUT2D eigenvalue weighted by molar-refractivity contribution is 0.399. The van der Waals surface area contributed by atoms with Gasteiger partial charge in [0.1, 0.15) is 0 Å². The molecule has 0 spiro atoms. The summed E-state index contributed by atoms with van der Waals surface area (Å²) >= 11 is 0. The molecule has 0 fully saturated rings. The van der Waals surface area contributed by atoms with E-state index in [1.807, 2.05) is 69.2 Å². The van der Waals surface area contributed by atoms with Gasteiger partial charge in [-0.1, -0.05) is 154 Å². The predicted octanol–water partition coefficient (Wildman–Crippen LogP) is 9.61. The average Bonchev–Trinajstić information content (AvgIpc) is 2.93. The van der Waals surface area contributed by atoms with Gasteiger partial charge < -0.3 is 5.11 Å². The lowest BCUT2D eigenvalue weighted by Gasteiger charge is -2.05. The molecule has 32 heavy (non-hydrogen) atoms. The zero-order chi connectivity index (χ0) is 25.6. The summed E-state index contributed by atoms with van der Waals surface area (Å²) in [6.45, 7) is 20.0. The van der Waals surface area contributed by atoms with Crippen molar-refractivity contribution in [2.24, 2.45) is 0 Å². The Hall–Kier alpha value is -2.38. The highest BCUT2D eigenvalue weighted by Gasteiger charge is 1.98. The molecular formula is C31H52O. The third-order valence-electron chi connectivity index (χ3n) is 3.53. The molecule has 0 saturated heterocycles. The second-order valence-corrected chi connectivity index (χ2v) is 5.14. The highest BCUT2D eigenvalue weighted by atomic mass is 16.2. The number of aliphatic hydroxyl groups excluding tert-OH is 1. The van der Waals surface area contributed by atoms with Crippen molar-refractivity contribution in [2.75, 3.05) is 7.11 Å². The molecule has 1 nitrogen and oxygen atoms in total. The molecule has 3 rings (SSSR count). The van der Waals surface area contributed by atoms with Crippen molar-refractivity contribution in [3.05, 3.63) is 107 Å². The van der Waals surface area contributed by atoms with Crippen LogP contribution in [0.15, 0.2) is 84.9 Å². The minimum absolute atomic E-state index is 1.00. The summed E-state index contributed by atoms with van der Waals surface area (Å²) in [5.74, 6) is 0. The minimum atomic E-state index is 1.00. The first-order chi connectivity index (χ1) is 15.9. The SMILES string of the molecule is CC.CC.CC.CC.CC.CO.c1ccc(Cc2ccc(Cc3ccccc3)cc2)cc1. The van der Waals surface area contributed by atoms with E-state index in [4.69, 9.17) is 5.11 Å². The Bertz CT molecular complexity index is 583. The van der Waals surface area contributed by atoms with E-state index in [1.165, 1.54) is 22.3 Å². The van der Waals surface area contributed by atoms with E-state index in [0.29, 0.717) is 0 Å². The summed E-state index contributed by atoms with van der Waals surface area (Å²) in [6.07, 6.45) is 2.01. The largest absolute Gasteiger partial charge is 0.400 e. The van der Waals surface area contributed by atoms with Gasteiger partial charge in [0.25, 0.3) is 0 Å². The van der Waals surface area contributed by atoms with Gasteiger partial charge in [-0.15, -0.1) is 0 Å². The van der Waals surface area contributed by atoms with Gasteiger partial charge in [-0.2, -0.15) is 0 Å². The van der Waals surface area contributed by atoms with Crippen LogP contribution in [0.25, 0.3) is 0 Å². The summed E-state index contributed by atoms with van der Waals surface area (Å²) in [5, 5.41) is 7.00.